The minimum Gasteiger partial charge on any atom is -0.412 e. The van der Waals surface area contributed by atoms with Crippen LogP contribution in [0.3, 0.4) is 0 Å². The van der Waals surface area contributed by atoms with E-state index in [4.69, 9.17) is 61.3 Å². The molecule has 0 rings (SSSR count). The molecule has 0 saturated carbocycles. The summed E-state index contributed by atoms with van der Waals surface area (Å²) < 4.78 is 0. The topological polar surface area (TPSA) is 296 Å². The first kappa shape index (κ1) is 36.1. The zero-order valence-corrected chi connectivity index (χ0v) is 10.9. The van der Waals surface area contributed by atoms with Crippen LogP contribution in [0.5, 0.6) is 0 Å². The first-order valence-electron chi connectivity index (χ1n) is 2.19. The second kappa shape index (κ2) is 29.3. The zero-order chi connectivity index (χ0) is 14.3. The molecular weight excluding hydrogens is 329 g/mol. The average molecular weight is 331 g/mol. The van der Waals surface area contributed by atoms with Crippen molar-refractivity contribution in [3.05, 3.63) is 61.3 Å². The molecule has 0 unspecified atom stereocenters. The van der Waals surface area contributed by atoms with Crippen molar-refractivity contribution < 1.29 is 45.3 Å². The zero-order valence-electron chi connectivity index (χ0n) is 7.89. The quantitative estimate of drug-likeness (QED) is 0.270. The Balaban J connectivity index is -0.0000000257. The van der Waals surface area contributed by atoms with Crippen LogP contribution >= 0.6 is 0 Å². The Morgan fingerprint density at radius 3 is 0.444 bits per heavy atom. The van der Waals surface area contributed by atoms with Crippen LogP contribution < -0.4 is 0 Å². The Morgan fingerprint density at radius 1 is 0.444 bits per heavy atom. The van der Waals surface area contributed by atoms with E-state index in [0.717, 1.165) is 0 Å². The maximum absolute atomic E-state index is 8.25. The number of nitrogens with zero attached hydrogens (tertiary/aromatic N) is 4. The van der Waals surface area contributed by atoms with Crippen molar-refractivity contribution in [1.29, 1.82) is 0 Å². The monoisotopic (exact) mass is 330 g/mol. The smallest absolute Gasteiger partial charge is 0.412 e. The molecule has 0 fully saturated rings. The molecule has 0 aromatic heterocycles. The molecule has 0 spiro atoms. The van der Waals surface area contributed by atoms with Gasteiger partial charge in [0.2, 0.25) is 0 Å². The van der Waals surface area contributed by atoms with E-state index < -0.39 is 20.3 Å². The van der Waals surface area contributed by atoms with E-state index in [9.17, 15) is 0 Å². The Morgan fingerprint density at radius 2 is 0.444 bits per heavy atom. The van der Waals surface area contributed by atoms with Gasteiger partial charge in [-0.2, -0.15) is 0 Å². The van der Waals surface area contributed by atoms with E-state index in [-0.39, 0.29) is 25.0 Å². The first-order chi connectivity index (χ1) is 6.93. The summed E-state index contributed by atoms with van der Waals surface area (Å²) in [5.41, 5.74) is 0. The molecule has 0 aromatic rings. The third-order valence-corrected chi connectivity index (χ3v) is 0. The van der Waals surface area contributed by atoms with Crippen molar-refractivity contribution in [2.24, 2.45) is 0 Å². The summed E-state index contributed by atoms with van der Waals surface area (Å²) in [4.78, 5) is 33.0. The van der Waals surface area contributed by atoms with Gasteiger partial charge in [-0.1, -0.05) is 0 Å². The van der Waals surface area contributed by atoms with Gasteiger partial charge < -0.3 is 66.8 Å². The van der Waals surface area contributed by atoms with Gasteiger partial charge in [0.15, 0.2) is 0 Å². The number of hydrogen-bond acceptors (Lipinski definition) is 12. The van der Waals surface area contributed by atoms with Crippen LogP contribution in [0, 0.1) is 61.3 Å². The van der Waals surface area contributed by atoms with E-state index in [2.05, 4.69) is 0 Å². The van der Waals surface area contributed by atoms with E-state index in [0.29, 0.717) is 0 Å². The van der Waals surface area contributed by atoms with Crippen LogP contribution in [0.4, 0.5) is 0 Å². The summed E-state index contributed by atoms with van der Waals surface area (Å²) in [5.74, 6) is 0. The molecule has 0 saturated heterocycles. The minimum atomic E-state index is -1.75. The molecule has 0 aliphatic rings. The summed E-state index contributed by atoms with van der Waals surface area (Å²) in [6, 6.07) is 0. The summed E-state index contributed by atoms with van der Waals surface area (Å²) in [6.45, 7) is 0. The second-order valence-electron chi connectivity index (χ2n) is 0.894. The molecule has 0 bridgehead atoms. The van der Waals surface area contributed by atoms with Crippen molar-refractivity contribution in [3.8, 4) is 0 Å². The third kappa shape index (κ3) is 300. The molecule has 0 radical (unpaired) electrons. The summed E-state index contributed by atoms with van der Waals surface area (Å²) in [7, 11) is 0. The van der Waals surface area contributed by atoms with E-state index in [1.165, 1.54) is 0 Å². The summed E-state index contributed by atoms with van der Waals surface area (Å²) >= 11 is 0. The van der Waals surface area contributed by atoms with Crippen molar-refractivity contribution >= 4 is 0 Å². The van der Waals surface area contributed by atoms with Crippen molar-refractivity contribution in [2.45, 2.75) is 0 Å². The summed E-state index contributed by atoms with van der Waals surface area (Å²) in [5, 5.41) is 59.0. The van der Waals surface area contributed by atoms with Gasteiger partial charge in [0.1, 0.15) is 0 Å². The Kier molecular flexibility index (Phi) is 58.8. The minimum absolute atomic E-state index is 0. The third-order valence-electron chi connectivity index (χ3n) is 0. The van der Waals surface area contributed by atoms with Crippen LogP contribution in [0.25, 0.3) is 0 Å². The van der Waals surface area contributed by atoms with Gasteiger partial charge in [-0.15, -0.1) is 0 Å². The Labute approximate surface area is 107 Å². The van der Waals surface area contributed by atoms with Gasteiger partial charge in [0.05, 0.1) is 20.3 Å². The number of hydrogen-bond donors (Lipinski definition) is 0. The van der Waals surface area contributed by atoms with Crippen molar-refractivity contribution in [3.63, 3.8) is 0 Å². The standard InChI is InChI=1S/4NO3.H2O.Zn/c4*2-1(3)4;;/h;;;;1H2;/q4*-1;;+4. The maximum Gasteiger partial charge on any atom is 4.00 e. The van der Waals surface area contributed by atoms with Crippen LogP contribution in [-0.4, -0.2) is 25.8 Å². The van der Waals surface area contributed by atoms with Gasteiger partial charge in [0.25, 0.3) is 0 Å². The molecule has 0 amide bonds. The predicted molar refractivity (Wildman–Crippen MR) is 45.1 cm³/mol. The molecule has 0 heterocycles. The van der Waals surface area contributed by atoms with Crippen LogP contribution in [-0.2, 0) is 19.5 Å². The molecule has 0 aliphatic carbocycles. The van der Waals surface area contributed by atoms with E-state index in [1.807, 2.05) is 0 Å². The fraction of sp³-hybridized carbons (Fsp3) is 0. The van der Waals surface area contributed by atoms with Crippen LogP contribution in [0.2, 0.25) is 0 Å². The Bertz CT molecular complexity index is 159. The molecule has 18 heteroatoms. The van der Waals surface area contributed by atoms with Gasteiger partial charge in [0, 0.05) is 0 Å². The average Bonchev–Trinajstić information content (AvgIpc) is 1.76. The summed E-state index contributed by atoms with van der Waals surface area (Å²) in [6.07, 6.45) is 0. The Hall–Kier alpha value is -2.62. The maximum atomic E-state index is 8.25. The molecule has 0 atom stereocenters. The van der Waals surface area contributed by atoms with E-state index in [1.54, 1.807) is 0 Å². The molecule has 0 aliphatic heterocycles. The molecule has 2 N–H and O–H groups in total. The first-order valence-corrected chi connectivity index (χ1v) is 2.19. The fourth-order valence-corrected chi connectivity index (χ4v) is 0. The van der Waals surface area contributed by atoms with Crippen LogP contribution in [0.15, 0.2) is 0 Å². The number of rotatable bonds is 0. The molecule has 102 valence electrons. The van der Waals surface area contributed by atoms with Crippen molar-refractivity contribution in [1.82, 2.24) is 0 Å². The van der Waals surface area contributed by atoms with Crippen LogP contribution in [0.1, 0.15) is 0 Å². The molecule has 0 aromatic carbocycles. The molecule has 17 nitrogen and oxygen atoms in total. The van der Waals surface area contributed by atoms with E-state index >= 15 is 0 Å². The largest absolute Gasteiger partial charge is 4.00 e. The normalized spacial score (nSPS) is 5.33. The van der Waals surface area contributed by atoms with Gasteiger partial charge in [-0.25, -0.2) is 0 Å². The fourth-order valence-electron chi connectivity index (χ4n) is 0. The second-order valence-corrected chi connectivity index (χ2v) is 0.894. The van der Waals surface area contributed by atoms with Crippen molar-refractivity contribution in [2.75, 3.05) is 0 Å². The SMILES string of the molecule is O.O=[N+]([O-])[O-].O=[N+]([O-])[O-].O=[N+]([O-])[O-].O=[N+]([O-])[O-].[Zn+4]. The van der Waals surface area contributed by atoms with Gasteiger partial charge >= 0.3 is 19.5 Å². The van der Waals surface area contributed by atoms with Gasteiger partial charge in [-0.3, -0.25) is 0 Å². The molecule has 18 heavy (non-hydrogen) atoms. The predicted octanol–water partition coefficient (Wildman–Crippen LogP) is -1.78. The molecular formula is H2N4O13Zn. The van der Waals surface area contributed by atoms with Gasteiger partial charge in [-0.05, 0) is 0 Å².